The van der Waals surface area contributed by atoms with Crippen molar-refractivity contribution in [3.63, 3.8) is 0 Å². The zero-order chi connectivity index (χ0) is 12.3. The quantitative estimate of drug-likeness (QED) is 0.765. The van der Waals surface area contributed by atoms with E-state index in [2.05, 4.69) is 15.9 Å². The predicted octanol–water partition coefficient (Wildman–Crippen LogP) is 3.96. The van der Waals surface area contributed by atoms with Gasteiger partial charge in [-0.1, -0.05) is 15.9 Å². The van der Waals surface area contributed by atoms with Crippen LogP contribution in [0.3, 0.4) is 0 Å². The maximum absolute atomic E-state index is 12.9. The molecule has 1 unspecified atom stereocenters. The molecule has 0 aliphatic carbocycles. The number of alkyl halides is 3. The van der Waals surface area contributed by atoms with Crippen molar-refractivity contribution >= 4 is 15.9 Å². The van der Waals surface area contributed by atoms with Gasteiger partial charge in [0.1, 0.15) is 18.2 Å². The van der Waals surface area contributed by atoms with Gasteiger partial charge in [0.25, 0.3) is 6.43 Å². The van der Waals surface area contributed by atoms with Crippen LogP contribution in [0.25, 0.3) is 0 Å². The van der Waals surface area contributed by atoms with Crippen molar-refractivity contribution in [3.05, 3.63) is 28.5 Å². The first-order chi connectivity index (χ1) is 7.37. The summed E-state index contributed by atoms with van der Waals surface area (Å²) in [6, 6.07) is 3.35. The average molecular weight is 301 g/mol. The van der Waals surface area contributed by atoms with Gasteiger partial charge in [-0.05, 0) is 19.1 Å². The summed E-state index contributed by atoms with van der Waals surface area (Å²) < 4.78 is 55.5. The number of halogens is 5. The van der Waals surface area contributed by atoms with E-state index < -0.39 is 24.5 Å². The van der Waals surface area contributed by atoms with E-state index >= 15 is 0 Å². The topological polar surface area (TPSA) is 9.23 Å². The molecule has 0 amide bonds. The number of hydrogen-bond acceptors (Lipinski definition) is 1. The van der Waals surface area contributed by atoms with Gasteiger partial charge in [0.15, 0.2) is 5.60 Å². The maximum Gasteiger partial charge on any atom is 0.279 e. The number of hydrogen-bond donors (Lipinski definition) is 0. The fourth-order valence-electron chi connectivity index (χ4n) is 0.987. The Kier molecular flexibility index (Phi) is 4.18. The number of benzene rings is 1. The highest BCUT2D eigenvalue weighted by atomic mass is 79.9. The van der Waals surface area contributed by atoms with Crippen LogP contribution in [-0.2, 0) is 0 Å². The third kappa shape index (κ3) is 3.10. The van der Waals surface area contributed by atoms with Crippen LogP contribution < -0.4 is 4.74 Å². The van der Waals surface area contributed by atoms with Gasteiger partial charge in [0.2, 0.25) is 0 Å². The lowest BCUT2D eigenvalue weighted by molar-refractivity contribution is -0.0765. The van der Waals surface area contributed by atoms with E-state index in [4.69, 9.17) is 4.74 Å². The molecule has 1 atom stereocenters. The van der Waals surface area contributed by atoms with E-state index in [0.29, 0.717) is 4.47 Å². The fraction of sp³-hybridized carbons (Fsp3) is 0.400. The second-order valence-electron chi connectivity index (χ2n) is 3.45. The van der Waals surface area contributed by atoms with Crippen molar-refractivity contribution in [2.24, 2.45) is 0 Å². The summed E-state index contributed by atoms with van der Waals surface area (Å²) in [4.78, 5) is 0. The highest BCUT2D eigenvalue weighted by molar-refractivity contribution is 9.10. The van der Waals surface area contributed by atoms with Gasteiger partial charge < -0.3 is 4.74 Å². The van der Waals surface area contributed by atoms with E-state index in [9.17, 15) is 17.6 Å². The summed E-state index contributed by atoms with van der Waals surface area (Å²) in [5.41, 5.74) is -2.26. The van der Waals surface area contributed by atoms with Gasteiger partial charge in [0.05, 0.1) is 0 Å². The summed E-state index contributed by atoms with van der Waals surface area (Å²) in [7, 11) is 0. The minimum Gasteiger partial charge on any atom is -0.479 e. The third-order valence-electron chi connectivity index (χ3n) is 1.91. The Morgan fingerprint density at radius 3 is 2.44 bits per heavy atom. The molecule has 0 fully saturated rings. The molecular formula is C10H9BrF4O. The molecular weight excluding hydrogens is 292 g/mol. The maximum atomic E-state index is 12.9. The highest BCUT2D eigenvalue weighted by Gasteiger charge is 2.38. The molecule has 16 heavy (non-hydrogen) atoms. The first-order valence-corrected chi connectivity index (χ1v) is 5.16. The summed E-state index contributed by atoms with van der Waals surface area (Å²) in [6.07, 6.45) is -3.00. The number of rotatable bonds is 4. The molecule has 6 heteroatoms. The Morgan fingerprint density at radius 2 is 2.00 bits per heavy atom. The summed E-state index contributed by atoms with van der Waals surface area (Å²) >= 11 is 2.98. The molecule has 0 bridgehead atoms. The first kappa shape index (κ1) is 13.3. The van der Waals surface area contributed by atoms with E-state index in [1.807, 2.05) is 0 Å². The molecule has 0 saturated carbocycles. The molecule has 1 rings (SSSR count). The minimum absolute atomic E-state index is 0.146. The number of ether oxygens (including phenoxy) is 1. The molecule has 90 valence electrons. The van der Waals surface area contributed by atoms with Crippen LogP contribution in [-0.4, -0.2) is 18.7 Å². The van der Waals surface area contributed by atoms with Crippen molar-refractivity contribution in [3.8, 4) is 5.75 Å². The molecule has 0 radical (unpaired) electrons. The lowest BCUT2D eigenvalue weighted by atomic mass is 10.1. The minimum atomic E-state index is -3.00. The Bertz CT molecular complexity index is 352. The zero-order valence-corrected chi connectivity index (χ0v) is 9.90. The summed E-state index contributed by atoms with van der Waals surface area (Å²) in [5, 5.41) is 0. The van der Waals surface area contributed by atoms with Crippen molar-refractivity contribution in [2.45, 2.75) is 19.0 Å². The molecule has 0 spiro atoms. The smallest absolute Gasteiger partial charge is 0.279 e. The zero-order valence-electron chi connectivity index (χ0n) is 8.31. The monoisotopic (exact) mass is 300 g/mol. The molecule has 0 aromatic heterocycles. The lowest BCUT2D eigenvalue weighted by Crippen LogP contribution is -2.42. The van der Waals surface area contributed by atoms with Gasteiger partial charge in [-0.2, -0.15) is 0 Å². The largest absolute Gasteiger partial charge is 0.479 e. The van der Waals surface area contributed by atoms with E-state index in [1.165, 1.54) is 6.07 Å². The Labute approximate surface area is 98.5 Å². The first-order valence-electron chi connectivity index (χ1n) is 4.36. The van der Waals surface area contributed by atoms with E-state index in [-0.39, 0.29) is 5.75 Å². The second kappa shape index (κ2) is 5.03. The van der Waals surface area contributed by atoms with Crippen molar-refractivity contribution in [2.75, 3.05) is 6.67 Å². The van der Waals surface area contributed by atoms with Crippen LogP contribution in [0.2, 0.25) is 0 Å². The van der Waals surface area contributed by atoms with Crippen LogP contribution >= 0.6 is 15.9 Å². The summed E-state index contributed by atoms with van der Waals surface area (Å²) in [6.45, 7) is -0.435. The van der Waals surface area contributed by atoms with E-state index in [1.54, 1.807) is 0 Å². The fourth-order valence-corrected chi connectivity index (χ4v) is 1.43. The molecule has 1 nitrogen and oxygen atoms in total. The third-order valence-corrected chi connectivity index (χ3v) is 2.37. The van der Waals surface area contributed by atoms with Crippen molar-refractivity contribution in [1.82, 2.24) is 0 Å². The van der Waals surface area contributed by atoms with Gasteiger partial charge in [-0.3, -0.25) is 0 Å². The van der Waals surface area contributed by atoms with Crippen LogP contribution in [0.4, 0.5) is 17.6 Å². The van der Waals surface area contributed by atoms with Crippen molar-refractivity contribution < 1.29 is 22.3 Å². The normalized spacial score (nSPS) is 14.9. The predicted molar refractivity (Wildman–Crippen MR) is 55.1 cm³/mol. The van der Waals surface area contributed by atoms with Crippen LogP contribution in [0.5, 0.6) is 5.75 Å². The molecule has 0 aliphatic heterocycles. The highest BCUT2D eigenvalue weighted by Crippen LogP contribution is 2.28. The Hall–Kier alpha value is -0.780. The standard InChI is InChI=1S/C10H9BrF4O/c1-10(5-12,9(14)15)16-8-3-6(11)2-7(13)4-8/h2-4,9H,5H2,1H3. The van der Waals surface area contributed by atoms with Gasteiger partial charge >= 0.3 is 0 Å². The van der Waals surface area contributed by atoms with Gasteiger partial charge in [-0.15, -0.1) is 0 Å². The molecule has 0 aliphatic rings. The molecule has 0 N–H and O–H groups in total. The second-order valence-corrected chi connectivity index (χ2v) is 4.37. The summed E-state index contributed by atoms with van der Waals surface area (Å²) in [5.74, 6) is -0.799. The van der Waals surface area contributed by atoms with Crippen LogP contribution in [0.15, 0.2) is 22.7 Å². The molecule has 0 saturated heterocycles. The van der Waals surface area contributed by atoms with Crippen LogP contribution in [0, 0.1) is 5.82 Å². The van der Waals surface area contributed by atoms with Crippen LogP contribution in [0.1, 0.15) is 6.92 Å². The lowest BCUT2D eigenvalue weighted by Gasteiger charge is -2.26. The van der Waals surface area contributed by atoms with E-state index in [0.717, 1.165) is 19.1 Å². The molecule has 0 heterocycles. The Morgan fingerprint density at radius 1 is 1.38 bits per heavy atom. The van der Waals surface area contributed by atoms with Gasteiger partial charge in [-0.25, -0.2) is 17.6 Å². The van der Waals surface area contributed by atoms with Crippen molar-refractivity contribution in [1.29, 1.82) is 0 Å². The average Bonchev–Trinajstić information content (AvgIpc) is 2.15. The molecule has 1 aromatic rings. The van der Waals surface area contributed by atoms with Gasteiger partial charge in [0, 0.05) is 10.5 Å². The SMILES string of the molecule is CC(CF)(Oc1cc(F)cc(Br)c1)C(F)F. The molecule has 1 aromatic carbocycles. The Balaban J connectivity index is 2.94.